The molecule has 156 valence electrons. The number of unbranched alkanes of at least 4 members (excludes halogenated alkanes) is 1. The number of methoxy groups -OCH3 is 1. The minimum atomic E-state index is -0.328. The van der Waals surface area contributed by atoms with E-state index in [-0.39, 0.29) is 35.2 Å². The monoisotopic (exact) mass is 515 g/mol. The zero-order chi connectivity index (χ0) is 19.4. The Morgan fingerprint density at radius 2 is 1.93 bits per heavy atom. The van der Waals surface area contributed by atoms with Crippen LogP contribution in [0.2, 0.25) is 5.02 Å². The molecule has 1 aromatic carbocycles. The number of guanidine groups is 1. The van der Waals surface area contributed by atoms with Gasteiger partial charge in [0, 0.05) is 44.3 Å². The summed E-state index contributed by atoms with van der Waals surface area (Å²) < 4.78 is 23.6. The molecule has 0 spiro atoms. The van der Waals surface area contributed by atoms with Crippen LogP contribution in [0.5, 0.6) is 0 Å². The lowest BCUT2D eigenvalue weighted by atomic mass is 9.84. The van der Waals surface area contributed by atoms with Gasteiger partial charge in [0.05, 0.1) is 13.2 Å². The fourth-order valence-corrected chi connectivity index (χ4v) is 2.86. The maximum Gasteiger partial charge on any atom is 0.191 e. The van der Waals surface area contributed by atoms with Crippen molar-refractivity contribution in [2.75, 3.05) is 47.1 Å². The maximum atomic E-state index is 13.2. The van der Waals surface area contributed by atoms with Crippen molar-refractivity contribution in [2.24, 2.45) is 4.99 Å². The van der Waals surface area contributed by atoms with Crippen molar-refractivity contribution in [3.05, 3.63) is 34.6 Å². The van der Waals surface area contributed by atoms with E-state index in [1.54, 1.807) is 20.2 Å². The molecular weight excluding hydrogens is 484 g/mol. The lowest BCUT2D eigenvalue weighted by molar-refractivity contribution is 0.0689. The molecule has 0 aliphatic carbocycles. The zero-order valence-corrected chi connectivity index (χ0v) is 19.7. The normalized spacial score (nSPS) is 11.9. The van der Waals surface area contributed by atoms with Crippen molar-refractivity contribution in [3.8, 4) is 0 Å². The third-order valence-corrected chi connectivity index (χ3v) is 4.33. The number of rotatable bonds is 11. The van der Waals surface area contributed by atoms with Gasteiger partial charge in [-0.3, -0.25) is 4.99 Å². The molecule has 0 amide bonds. The van der Waals surface area contributed by atoms with Crippen LogP contribution in [0.4, 0.5) is 4.39 Å². The summed E-state index contributed by atoms with van der Waals surface area (Å²) in [6.45, 7) is 7.54. The van der Waals surface area contributed by atoms with E-state index >= 15 is 0 Å². The van der Waals surface area contributed by atoms with Gasteiger partial charge in [-0.15, -0.1) is 24.0 Å². The van der Waals surface area contributed by atoms with E-state index in [2.05, 4.69) is 29.5 Å². The Morgan fingerprint density at radius 3 is 2.56 bits per heavy atom. The first-order valence-corrected chi connectivity index (χ1v) is 9.25. The van der Waals surface area contributed by atoms with Gasteiger partial charge in [-0.2, -0.15) is 0 Å². The summed E-state index contributed by atoms with van der Waals surface area (Å²) in [4.78, 5) is 4.23. The molecule has 8 heteroatoms. The number of hydrogen-bond acceptors (Lipinski definition) is 3. The van der Waals surface area contributed by atoms with Gasteiger partial charge in [-0.1, -0.05) is 31.5 Å². The second kappa shape index (κ2) is 14.4. The van der Waals surface area contributed by atoms with Crippen LogP contribution in [0, 0.1) is 5.82 Å². The molecular formula is C19H32ClFIN3O2. The smallest absolute Gasteiger partial charge is 0.191 e. The van der Waals surface area contributed by atoms with Gasteiger partial charge in [0.15, 0.2) is 5.96 Å². The first-order chi connectivity index (χ1) is 12.4. The number of hydrogen-bond donors (Lipinski definition) is 2. The number of benzene rings is 1. The Hall–Kier alpha value is -0.640. The second-order valence-electron chi connectivity index (χ2n) is 6.67. The molecule has 0 unspecified atom stereocenters. The van der Waals surface area contributed by atoms with Gasteiger partial charge in [0.2, 0.25) is 0 Å². The molecule has 0 fully saturated rings. The number of aliphatic imine (C=N–C) groups is 1. The van der Waals surface area contributed by atoms with Crippen molar-refractivity contribution in [2.45, 2.75) is 32.1 Å². The van der Waals surface area contributed by atoms with E-state index in [0.29, 0.717) is 24.8 Å². The molecule has 0 heterocycles. The molecule has 0 radical (unpaired) electrons. The molecule has 1 aromatic rings. The SMILES string of the molecule is CN=C(NCCCCOCCOC)NCC(C)(C)c1ccc(F)cc1Cl.I. The summed E-state index contributed by atoms with van der Waals surface area (Å²) in [5.41, 5.74) is 0.633. The minimum absolute atomic E-state index is 0. The van der Waals surface area contributed by atoms with Crippen LogP contribution in [0.3, 0.4) is 0 Å². The standard InChI is InChI=1S/C19H31ClFN3O2.HI/c1-19(2,16-8-7-15(21)13-17(16)20)14-24-18(22-3)23-9-5-6-10-26-12-11-25-4;/h7-8,13H,5-6,9-12,14H2,1-4H3,(H2,22,23,24);1H. The molecule has 27 heavy (non-hydrogen) atoms. The van der Waals surface area contributed by atoms with Crippen LogP contribution in [0.25, 0.3) is 0 Å². The van der Waals surface area contributed by atoms with Crippen molar-refractivity contribution in [1.29, 1.82) is 0 Å². The number of nitrogens with one attached hydrogen (secondary N) is 2. The average Bonchev–Trinajstić information content (AvgIpc) is 2.59. The van der Waals surface area contributed by atoms with Gasteiger partial charge in [-0.05, 0) is 30.5 Å². The number of ether oxygens (including phenoxy) is 2. The van der Waals surface area contributed by atoms with Gasteiger partial charge in [0.1, 0.15) is 5.82 Å². The Morgan fingerprint density at radius 1 is 1.19 bits per heavy atom. The largest absolute Gasteiger partial charge is 0.382 e. The van der Waals surface area contributed by atoms with Crippen molar-refractivity contribution in [1.82, 2.24) is 10.6 Å². The molecule has 5 nitrogen and oxygen atoms in total. The summed E-state index contributed by atoms with van der Waals surface area (Å²) in [5.74, 6) is 0.405. The van der Waals surface area contributed by atoms with Gasteiger partial charge in [-0.25, -0.2) is 4.39 Å². The fourth-order valence-electron chi connectivity index (χ4n) is 2.44. The van der Waals surface area contributed by atoms with E-state index in [4.69, 9.17) is 21.1 Å². The first kappa shape index (κ1) is 26.4. The topological polar surface area (TPSA) is 54.9 Å². The van der Waals surface area contributed by atoms with Crippen LogP contribution >= 0.6 is 35.6 Å². The molecule has 1 rings (SSSR count). The zero-order valence-electron chi connectivity index (χ0n) is 16.6. The summed E-state index contributed by atoms with van der Waals surface area (Å²) in [6.07, 6.45) is 1.96. The maximum absolute atomic E-state index is 13.2. The van der Waals surface area contributed by atoms with Crippen LogP contribution in [-0.4, -0.2) is 53.0 Å². The third kappa shape index (κ3) is 10.5. The molecule has 0 aliphatic rings. The average molecular weight is 516 g/mol. The van der Waals surface area contributed by atoms with Crippen molar-refractivity contribution < 1.29 is 13.9 Å². The van der Waals surface area contributed by atoms with E-state index in [1.165, 1.54) is 12.1 Å². The molecule has 0 bridgehead atoms. The van der Waals surface area contributed by atoms with E-state index < -0.39 is 0 Å². The predicted molar refractivity (Wildman–Crippen MR) is 121 cm³/mol. The molecule has 0 saturated heterocycles. The Labute approximate surface area is 184 Å². The minimum Gasteiger partial charge on any atom is -0.382 e. The third-order valence-electron chi connectivity index (χ3n) is 4.02. The molecule has 0 atom stereocenters. The van der Waals surface area contributed by atoms with E-state index in [9.17, 15) is 4.39 Å². The summed E-state index contributed by atoms with van der Waals surface area (Å²) in [7, 11) is 3.40. The highest BCUT2D eigenvalue weighted by Crippen LogP contribution is 2.29. The number of nitrogens with zero attached hydrogens (tertiary/aromatic N) is 1. The predicted octanol–water partition coefficient (Wildman–Crippen LogP) is 3.98. The molecule has 0 aliphatic heterocycles. The molecule has 0 saturated carbocycles. The highest BCUT2D eigenvalue weighted by atomic mass is 127. The van der Waals surface area contributed by atoms with Gasteiger partial charge >= 0.3 is 0 Å². The van der Waals surface area contributed by atoms with E-state index in [0.717, 1.165) is 37.5 Å². The highest BCUT2D eigenvalue weighted by Gasteiger charge is 2.24. The Kier molecular flexibility index (Phi) is 14.0. The summed E-state index contributed by atoms with van der Waals surface area (Å²) >= 11 is 6.19. The summed E-state index contributed by atoms with van der Waals surface area (Å²) in [6, 6.07) is 4.52. The van der Waals surface area contributed by atoms with Crippen LogP contribution in [0.1, 0.15) is 32.3 Å². The van der Waals surface area contributed by atoms with Crippen LogP contribution in [0.15, 0.2) is 23.2 Å². The van der Waals surface area contributed by atoms with E-state index in [1.807, 2.05) is 0 Å². The van der Waals surface area contributed by atoms with Crippen LogP contribution < -0.4 is 10.6 Å². The Bertz CT molecular complexity index is 574. The lowest BCUT2D eigenvalue weighted by Crippen LogP contribution is -2.43. The molecule has 2 N–H and O–H groups in total. The molecule has 0 aromatic heterocycles. The first-order valence-electron chi connectivity index (χ1n) is 8.87. The lowest BCUT2D eigenvalue weighted by Gasteiger charge is -2.27. The van der Waals surface area contributed by atoms with Gasteiger partial charge < -0.3 is 20.1 Å². The van der Waals surface area contributed by atoms with Crippen molar-refractivity contribution >= 4 is 41.5 Å². The second-order valence-corrected chi connectivity index (χ2v) is 7.08. The summed E-state index contributed by atoms with van der Waals surface area (Å²) in [5, 5.41) is 7.03. The number of halogens is 3. The highest BCUT2D eigenvalue weighted by molar-refractivity contribution is 14.0. The quantitative estimate of drug-likeness (QED) is 0.203. The fraction of sp³-hybridized carbons (Fsp3) is 0.632. The Balaban J connectivity index is 0.00000676. The van der Waals surface area contributed by atoms with Crippen LogP contribution in [-0.2, 0) is 14.9 Å². The van der Waals surface area contributed by atoms with Crippen molar-refractivity contribution in [3.63, 3.8) is 0 Å². The van der Waals surface area contributed by atoms with Gasteiger partial charge in [0.25, 0.3) is 0 Å².